The number of nitrogens with one attached hydrogen (secondary N) is 1. The van der Waals surface area contributed by atoms with Crippen LogP contribution in [0.25, 0.3) is 0 Å². The fourth-order valence-electron chi connectivity index (χ4n) is 1.90. The molecule has 1 aromatic rings. The summed E-state index contributed by atoms with van der Waals surface area (Å²) in [6, 6.07) is 9.05. The van der Waals surface area contributed by atoms with Crippen molar-refractivity contribution in [3.05, 3.63) is 30.3 Å². The molecule has 1 atom stereocenters. The molecule has 2 rings (SSSR count). The topological polar surface area (TPSA) is 75.4 Å². The van der Waals surface area contributed by atoms with Gasteiger partial charge < -0.3 is 16.0 Å². The van der Waals surface area contributed by atoms with E-state index >= 15 is 0 Å². The minimum Gasteiger partial charge on any atom is -0.369 e. The Balaban J connectivity index is 1.92. The molecule has 90 valence electrons. The minimum atomic E-state index is -0.333. The molecule has 3 N–H and O–H groups in total. The van der Waals surface area contributed by atoms with Crippen LogP contribution in [0.3, 0.4) is 0 Å². The lowest BCUT2D eigenvalue weighted by atomic mass is 10.1. The molecule has 3 amide bonds. The van der Waals surface area contributed by atoms with Crippen molar-refractivity contribution >= 4 is 17.6 Å². The van der Waals surface area contributed by atoms with E-state index in [2.05, 4.69) is 5.32 Å². The van der Waals surface area contributed by atoms with Crippen molar-refractivity contribution in [1.29, 1.82) is 0 Å². The summed E-state index contributed by atoms with van der Waals surface area (Å²) in [7, 11) is 0. The fourth-order valence-corrected chi connectivity index (χ4v) is 1.90. The molecule has 1 aromatic carbocycles. The van der Waals surface area contributed by atoms with Gasteiger partial charge in [-0.25, -0.2) is 4.79 Å². The van der Waals surface area contributed by atoms with Crippen molar-refractivity contribution in [2.45, 2.75) is 6.42 Å². The third-order valence-electron chi connectivity index (χ3n) is 2.90. The normalized spacial score (nSPS) is 19.1. The van der Waals surface area contributed by atoms with Crippen LogP contribution in [0, 0.1) is 5.92 Å². The molecule has 5 heteroatoms. The first-order chi connectivity index (χ1) is 8.16. The van der Waals surface area contributed by atoms with Crippen molar-refractivity contribution in [3.8, 4) is 0 Å². The molecule has 1 heterocycles. The zero-order valence-electron chi connectivity index (χ0n) is 9.43. The van der Waals surface area contributed by atoms with Crippen molar-refractivity contribution in [2.75, 3.05) is 18.4 Å². The van der Waals surface area contributed by atoms with Crippen molar-refractivity contribution in [1.82, 2.24) is 4.90 Å². The monoisotopic (exact) mass is 233 g/mol. The van der Waals surface area contributed by atoms with Gasteiger partial charge in [-0.3, -0.25) is 4.79 Å². The second-order valence-corrected chi connectivity index (χ2v) is 4.13. The lowest BCUT2D eigenvalue weighted by molar-refractivity contribution is -0.121. The minimum absolute atomic E-state index is 0.181. The molecule has 5 nitrogen and oxygen atoms in total. The molecular formula is C12H15N3O2. The van der Waals surface area contributed by atoms with Crippen LogP contribution in [0.5, 0.6) is 0 Å². The van der Waals surface area contributed by atoms with Crippen LogP contribution in [0.4, 0.5) is 10.5 Å². The molecule has 0 aromatic heterocycles. The van der Waals surface area contributed by atoms with Gasteiger partial charge in [-0.1, -0.05) is 18.2 Å². The summed E-state index contributed by atoms with van der Waals surface area (Å²) < 4.78 is 0. The summed E-state index contributed by atoms with van der Waals surface area (Å²) >= 11 is 0. The Kier molecular flexibility index (Phi) is 3.27. The van der Waals surface area contributed by atoms with Crippen LogP contribution in [-0.2, 0) is 4.79 Å². The van der Waals surface area contributed by atoms with E-state index in [0.29, 0.717) is 19.5 Å². The molecule has 0 saturated carbocycles. The number of carbonyl (C=O) groups is 2. The summed E-state index contributed by atoms with van der Waals surface area (Å²) in [5, 5.41) is 2.78. The van der Waals surface area contributed by atoms with Gasteiger partial charge in [0.05, 0.1) is 5.92 Å². The smallest absolute Gasteiger partial charge is 0.321 e. The van der Waals surface area contributed by atoms with Gasteiger partial charge in [-0.05, 0) is 18.6 Å². The number of nitrogens with zero attached hydrogens (tertiary/aromatic N) is 1. The number of nitrogens with two attached hydrogens (primary N) is 1. The maximum atomic E-state index is 11.8. The molecule has 0 spiro atoms. The maximum absolute atomic E-state index is 11.8. The summed E-state index contributed by atoms with van der Waals surface area (Å²) in [6.07, 6.45) is 0.650. The maximum Gasteiger partial charge on any atom is 0.321 e. The van der Waals surface area contributed by atoms with E-state index in [-0.39, 0.29) is 17.9 Å². The number of para-hydroxylation sites is 1. The summed E-state index contributed by atoms with van der Waals surface area (Å²) in [6.45, 7) is 0.986. The number of rotatable bonds is 2. The number of benzene rings is 1. The second kappa shape index (κ2) is 4.86. The number of carbonyl (C=O) groups excluding carboxylic acids is 2. The van der Waals surface area contributed by atoms with E-state index in [0.717, 1.165) is 5.69 Å². The zero-order chi connectivity index (χ0) is 12.3. The molecule has 17 heavy (non-hydrogen) atoms. The predicted molar refractivity (Wildman–Crippen MR) is 64.3 cm³/mol. The number of primary amides is 1. The molecule has 1 fully saturated rings. The van der Waals surface area contributed by atoms with Crippen LogP contribution in [0.2, 0.25) is 0 Å². The van der Waals surface area contributed by atoms with Crippen LogP contribution >= 0.6 is 0 Å². The fraction of sp³-hybridized carbons (Fsp3) is 0.333. The number of amides is 3. The number of hydrogen-bond acceptors (Lipinski definition) is 2. The third-order valence-corrected chi connectivity index (χ3v) is 2.90. The Labute approximate surface area is 99.6 Å². The molecule has 0 bridgehead atoms. The lowest BCUT2D eigenvalue weighted by Gasteiger charge is -2.16. The van der Waals surface area contributed by atoms with Crippen molar-refractivity contribution in [2.24, 2.45) is 11.7 Å². The van der Waals surface area contributed by atoms with Gasteiger partial charge in [0.25, 0.3) is 0 Å². The van der Waals surface area contributed by atoms with E-state index in [1.807, 2.05) is 30.3 Å². The van der Waals surface area contributed by atoms with Gasteiger partial charge in [0.15, 0.2) is 0 Å². The predicted octanol–water partition coefficient (Wildman–Crippen LogP) is 1.03. The van der Waals surface area contributed by atoms with E-state index in [1.165, 1.54) is 0 Å². The van der Waals surface area contributed by atoms with E-state index in [1.54, 1.807) is 4.90 Å². The first-order valence-corrected chi connectivity index (χ1v) is 5.57. The van der Waals surface area contributed by atoms with Gasteiger partial charge in [-0.15, -0.1) is 0 Å². The highest BCUT2D eigenvalue weighted by Gasteiger charge is 2.29. The first-order valence-electron chi connectivity index (χ1n) is 5.57. The van der Waals surface area contributed by atoms with Crippen molar-refractivity contribution < 1.29 is 9.59 Å². The van der Waals surface area contributed by atoms with Crippen LogP contribution in [0.1, 0.15) is 6.42 Å². The standard InChI is InChI=1S/C12H15N3O2/c13-11(16)9-6-7-15(8-9)12(17)14-10-4-2-1-3-5-10/h1-5,9H,6-8H2,(H2,13,16)(H,14,17). The molecule has 1 aliphatic rings. The Bertz CT molecular complexity index is 419. The average molecular weight is 233 g/mol. The molecule has 0 aliphatic carbocycles. The van der Waals surface area contributed by atoms with E-state index < -0.39 is 0 Å². The first kappa shape index (κ1) is 11.4. The lowest BCUT2D eigenvalue weighted by Crippen LogP contribution is -2.34. The molecule has 1 saturated heterocycles. The summed E-state index contributed by atoms with van der Waals surface area (Å²) in [5.41, 5.74) is 5.97. The van der Waals surface area contributed by atoms with Crippen LogP contribution < -0.4 is 11.1 Å². The number of urea groups is 1. The SMILES string of the molecule is NC(=O)C1CCN(C(=O)Nc2ccccc2)C1. The Morgan fingerprint density at radius 3 is 2.59 bits per heavy atom. The Morgan fingerprint density at radius 1 is 1.29 bits per heavy atom. The quantitative estimate of drug-likeness (QED) is 0.800. The number of likely N-dealkylation sites (tertiary alicyclic amines) is 1. The Hall–Kier alpha value is -2.04. The zero-order valence-corrected chi connectivity index (χ0v) is 9.43. The highest BCUT2D eigenvalue weighted by atomic mass is 16.2. The van der Waals surface area contributed by atoms with Gasteiger partial charge in [0, 0.05) is 18.8 Å². The number of hydrogen-bond donors (Lipinski definition) is 2. The van der Waals surface area contributed by atoms with Crippen molar-refractivity contribution in [3.63, 3.8) is 0 Å². The largest absolute Gasteiger partial charge is 0.369 e. The van der Waals surface area contributed by atoms with E-state index in [4.69, 9.17) is 5.73 Å². The summed E-state index contributed by atoms with van der Waals surface area (Å²) in [4.78, 5) is 24.5. The molecular weight excluding hydrogens is 218 g/mol. The molecule has 1 unspecified atom stereocenters. The van der Waals surface area contributed by atoms with Gasteiger partial charge in [0.1, 0.15) is 0 Å². The summed E-state index contributed by atoms with van der Waals surface area (Å²) in [5.74, 6) is -0.545. The Morgan fingerprint density at radius 2 is 2.00 bits per heavy atom. The highest BCUT2D eigenvalue weighted by molar-refractivity contribution is 5.90. The highest BCUT2D eigenvalue weighted by Crippen LogP contribution is 2.17. The van der Waals surface area contributed by atoms with Gasteiger partial charge in [0.2, 0.25) is 5.91 Å². The molecule has 0 radical (unpaired) electrons. The number of anilines is 1. The van der Waals surface area contributed by atoms with E-state index in [9.17, 15) is 9.59 Å². The average Bonchev–Trinajstić information content (AvgIpc) is 2.79. The van der Waals surface area contributed by atoms with Gasteiger partial charge >= 0.3 is 6.03 Å². The molecule has 1 aliphatic heterocycles. The van der Waals surface area contributed by atoms with Crippen LogP contribution in [0.15, 0.2) is 30.3 Å². The second-order valence-electron chi connectivity index (χ2n) is 4.13. The van der Waals surface area contributed by atoms with Crippen LogP contribution in [-0.4, -0.2) is 29.9 Å². The van der Waals surface area contributed by atoms with Gasteiger partial charge in [-0.2, -0.15) is 0 Å². The third kappa shape index (κ3) is 2.75.